The van der Waals surface area contributed by atoms with E-state index in [1.165, 1.54) is 6.07 Å². The highest BCUT2D eigenvalue weighted by atomic mass is 35.5. The summed E-state index contributed by atoms with van der Waals surface area (Å²) in [6, 6.07) is 11.5. The van der Waals surface area contributed by atoms with Gasteiger partial charge in [0, 0.05) is 10.7 Å². The lowest BCUT2D eigenvalue weighted by atomic mass is 10.2. The van der Waals surface area contributed by atoms with Gasteiger partial charge in [-0.25, -0.2) is 4.39 Å². The van der Waals surface area contributed by atoms with E-state index < -0.39 is 0 Å². The molecule has 3 nitrogen and oxygen atoms in total. The molecule has 0 aromatic heterocycles. The number of carbonyl (C=O) groups excluding carboxylic acids is 1. The molecule has 0 spiro atoms. The van der Waals surface area contributed by atoms with Crippen molar-refractivity contribution in [1.82, 2.24) is 0 Å². The highest BCUT2D eigenvalue weighted by molar-refractivity contribution is 6.30. The quantitative estimate of drug-likeness (QED) is 0.899. The fraction of sp³-hybridized carbons (Fsp3) is 0.188. The van der Waals surface area contributed by atoms with Crippen molar-refractivity contribution >= 4 is 23.2 Å². The first-order chi connectivity index (χ1) is 10.0. The first-order valence-corrected chi connectivity index (χ1v) is 6.87. The van der Waals surface area contributed by atoms with Crippen molar-refractivity contribution in [3.63, 3.8) is 0 Å². The van der Waals surface area contributed by atoms with Gasteiger partial charge in [-0.05, 0) is 48.9 Å². The number of aryl methyl sites for hydroxylation is 1. The van der Waals surface area contributed by atoms with E-state index in [1.54, 1.807) is 43.3 Å². The number of carbonyl (C=O) groups is 1. The molecule has 0 aliphatic heterocycles. The number of hydrogen-bond donors (Lipinski definition) is 1. The minimum Gasteiger partial charge on any atom is -0.493 e. The number of halogens is 2. The SMILES string of the molecule is Cc1ccc(NC(=O)CCOc2ccc(Cl)cc2)cc1F. The van der Waals surface area contributed by atoms with Gasteiger partial charge < -0.3 is 10.1 Å². The molecule has 0 atom stereocenters. The molecule has 0 aliphatic rings. The van der Waals surface area contributed by atoms with E-state index in [9.17, 15) is 9.18 Å². The molecule has 0 aliphatic carbocycles. The lowest BCUT2D eigenvalue weighted by Gasteiger charge is -2.08. The van der Waals surface area contributed by atoms with Crippen molar-refractivity contribution in [2.24, 2.45) is 0 Å². The Morgan fingerprint density at radius 1 is 1.24 bits per heavy atom. The van der Waals surface area contributed by atoms with E-state index in [4.69, 9.17) is 16.3 Å². The molecule has 0 fully saturated rings. The summed E-state index contributed by atoms with van der Waals surface area (Å²) in [5.74, 6) is 0.0750. The van der Waals surface area contributed by atoms with E-state index >= 15 is 0 Å². The fourth-order valence-electron chi connectivity index (χ4n) is 1.69. The topological polar surface area (TPSA) is 38.3 Å². The molecule has 0 unspecified atom stereocenters. The molecule has 0 heterocycles. The number of rotatable bonds is 5. The molecular weight excluding hydrogens is 293 g/mol. The molecule has 2 aromatic rings. The van der Waals surface area contributed by atoms with Crippen LogP contribution in [0.4, 0.5) is 10.1 Å². The Bertz CT molecular complexity index is 629. The van der Waals surface area contributed by atoms with Crippen molar-refractivity contribution in [2.45, 2.75) is 13.3 Å². The van der Waals surface area contributed by atoms with E-state index in [0.717, 1.165) is 0 Å². The average Bonchev–Trinajstić information content (AvgIpc) is 2.45. The number of amides is 1. The molecule has 1 amide bonds. The lowest BCUT2D eigenvalue weighted by Crippen LogP contribution is -2.15. The van der Waals surface area contributed by atoms with Crippen LogP contribution in [0.1, 0.15) is 12.0 Å². The zero-order valence-corrected chi connectivity index (χ0v) is 12.3. The molecule has 21 heavy (non-hydrogen) atoms. The zero-order valence-electron chi connectivity index (χ0n) is 11.5. The largest absolute Gasteiger partial charge is 0.493 e. The molecule has 2 aromatic carbocycles. The predicted molar refractivity (Wildman–Crippen MR) is 81.3 cm³/mol. The molecule has 0 saturated heterocycles. The van der Waals surface area contributed by atoms with Crippen LogP contribution in [0, 0.1) is 12.7 Å². The Kier molecular flexibility index (Phi) is 5.17. The smallest absolute Gasteiger partial charge is 0.227 e. The molecule has 0 radical (unpaired) electrons. The van der Waals surface area contributed by atoms with Crippen LogP contribution < -0.4 is 10.1 Å². The molecule has 2 rings (SSSR count). The molecule has 110 valence electrons. The van der Waals surface area contributed by atoms with E-state index in [1.807, 2.05) is 0 Å². The maximum absolute atomic E-state index is 13.3. The van der Waals surface area contributed by atoms with Crippen LogP contribution in [0.2, 0.25) is 5.02 Å². The second-order valence-electron chi connectivity index (χ2n) is 4.56. The number of hydrogen-bond acceptors (Lipinski definition) is 2. The van der Waals surface area contributed by atoms with Crippen molar-refractivity contribution in [3.8, 4) is 5.75 Å². The summed E-state index contributed by atoms with van der Waals surface area (Å²) in [6.45, 7) is 1.91. The van der Waals surface area contributed by atoms with Crippen molar-refractivity contribution in [2.75, 3.05) is 11.9 Å². The summed E-state index contributed by atoms with van der Waals surface area (Å²) in [6.07, 6.45) is 0.179. The fourth-order valence-corrected chi connectivity index (χ4v) is 1.81. The maximum Gasteiger partial charge on any atom is 0.227 e. The molecule has 0 saturated carbocycles. The average molecular weight is 308 g/mol. The van der Waals surface area contributed by atoms with Crippen molar-refractivity contribution in [3.05, 3.63) is 58.9 Å². The van der Waals surface area contributed by atoms with Gasteiger partial charge in [0.1, 0.15) is 11.6 Å². The Morgan fingerprint density at radius 3 is 2.62 bits per heavy atom. The molecule has 5 heteroatoms. The summed E-state index contributed by atoms with van der Waals surface area (Å²) in [7, 11) is 0. The molecule has 0 bridgehead atoms. The third-order valence-corrected chi connectivity index (χ3v) is 3.12. The third kappa shape index (κ3) is 4.76. The van der Waals surface area contributed by atoms with Crippen LogP contribution in [-0.4, -0.2) is 12.5 Å². The predicted octanol–water partition coefficient (Wildman–Crippen LogP) is 4.20. The number of ether oxygens (including phenoxy) is 1. The Labute approximate surface area is 127 Å². The van der Waals surface area contributed by atoms with Gasteiger partial charge in [-0.3, -0.25) is 4.79 Å². The second kappa shape index (κ2) is 7.09. The summed E-state index contributed by atoms with van der Waals surface area (Å²) >= 11 is 5.76. The van der Waals surface area contributed by atoms with Gasteiger partial charge in [-0.15, -0.1) is 0 Å². The van der Waals surface area contributed by atoms with E-state index in [0.29, 0.717) is 22.0 Å². The zero-order chi connectivity index (χ0) is 15.2. The normalized spacial score (nSPS) is 10.2. The van der Waals surface area contributed by atoms with E-state index in [2.05, 4.69) is 5.32 Å². The number of anilines is 1. The monoisotopic (exact) mass is 307 g/mol. The van der Waals surface area contributed by atoms with Crippen molar-refractivity contribution in [1.29, 1.82) is 0 Å². The summed E-state index contributed by atoms with van der Waals surface area (Å²) in [5, 5.41) is 3.25. The van der Waals surface area contributed by atoms with Crippen LogP contribution in [0.15, 0.2) is 42.5 Å². The lowest BCUT2D eigenvalue weighted by molar-refractivity contribution is -0.116. The van der Waals surface area contributed by atoms with Crippen LogP contribution >= 0.6 is 11.6 Å². The van der Waals surface area contributed by atoms with Gasteiger partial charge in [-0.1, -0.05) is 17.7 Å². The Morgan fingerprint density at radius 2 is 1.95 bits per heavy atom. The van der Waals surface area contributed by atoms with Gasteiger partial charge >= 0.3 is 0 Å². The van der Waals surface area contributed by atoms with Crippen LogP contribution in [-0.2, 0) is 4.79 Å². The Balaban J connectivity index is 1.79. The van der Waals surface area contributed by atoms with Crippen LogP contribution in [0.25, 0.3) is 0 Å². The molecule has 1 N–H and O–H groups in total. The third-order valence-electron chi connectivity index (χ3n) is 2.87. The Hall–Kier alpha value is -2.07. The van der Waals surface area contributed by atoms with Gasteiger partial charge in [0.15, 0.2) is 0 Å². The standard InChI is InChI=1S/C16H15ClFNO2/c1-11-2-5-13(10-15(11)18)19-16(20)8-9-21-14-6-3-12(17)4-7-14/h2-7,10H,8-9H2,1H3,(H,19,20). The van der Waals surface area contributed by atoms with E-state index in [-0.39, 0.29) is 24.8 Å². The van der Waals surface area contributed by atoms with Crippen LogP contribution in [0.3, 0.4) is 0 Å². The highest BCUT2D eigenvalue weighted by Crippen LogP contribution is 2.16. The van der Waals surface area contributed by atoms with Crippen molar-refractivity contribution < 1.29 is 13.9 Å². The van der Waals surface area contributed by atoms with Crippen LogP contribution in [0.5, 0.6) is 5.75 Å². The minimum atomic E-state index is -0.342. The maximum atomic E-state index is 13.3. The number of nitrogens with one attached hydrogen (secondary N) is 1. The van der Waals surface area contributed by atoms with Gasteiger partial charge in [0.25, 0.3) is 0 Å². The van der Waals surface area contributed by atoms with Gasteiger partial charge in [0.05, 0.1) is 13.0 Å². The minimum absolute atomic E-state index is 0.179. The summed E-state index contributed by atoms with van der Waals surface area (Å²) < 4.78 is 18.8. The summed E-state index contributed by atoms with van der Waals surface area (Å²) in [5.41, 5.74) is 0.980. The van der Waals surface area contributed by atoms with Gasteiger partial charge in [0.2, 0.25) is 5.91 Å². The highest BCUT2D eigenvalue weighted by Gasteiger charge is 2.05. The first kappa shape index (κ1) is 15.3. The number of benzene rings is 2. The second-order valence-corrected chi connectivity index (χ2v) is 5.00. The van der Waals surface area contributed by atoms with Gasteiger partial charge in [-0.2, -0.15) is 0 Å². The first-order valence-electron chi connectivity index (χ1n) is 6.49. The summed E-state index contributed by atoms with van der Waals surface area (Å²) in [4.78, 5) is 11.7. The molecular formula is C16H15ClFNO2.